The van der Waals surface area contributed by atoms with Gasteiger partial charge in [0.1, 0.15) is 11.6 Å². The molecule has 0 radical (unpaired) electrons. The summed E-state index contributed by atoms with van der Waals surface area (Å²) in [7, 11) is -3.48. The molecule has 0 atom stereocenters. The molecule has 0 amide bonds. The van der Waals surface area contributed by atoms with E-state index in [9.17, 15) is 8.42 Å². The average molecular weight is 361 g/mol. The molecule has 1 fully saturated rings. The molecule has 0 unspecified atom stereocenters. The Balaban J connectivity index is 1.67. The van der Waals surface area contributed by atoms with Gasteiger partial charge in [0.25, 0.3) is 0 Å². The molecule has 25 heavy (non-hydrogen) atoms. The minimum Gasteiger partial charge on any atom is -0.491 e. The third kappa shape index (κ3) is 4.11. The molecule has 7 heteroatoms. The zero-order valence-corrected chi connectivity index (χ0v) is 15.3. The van der Waals surface area contributed by atoms with Gasteiger partial charge in [0.2, 0.25) is 10.0 Å². The smallest absolute Gasteiger partial charge is 0.243 e. The van der Waals surface area contributed by atoms with Gasteiger partial charge in [0.15, 0.2) is 0 Å². The number of benzene rings is 1. The van der Waals surface area contributed by atoms with Gasteiger partial charge in [0, 0.05) is 32.4 Å². The van der Waals surface area contributed by atoms with Gasteiger partial charge >= 0.3 is 0 Å². The van der Waals surface area contributed by atoms with E-state index in [0.29, 0.717) is 36.8 Å². The highest BCUT2D eigenvalue weighted by atomic mass is 32.2. The minimum atomic E-state index is -3.48. The highest BCUT2D eigenvalue weighted by molar-refractivity contribution is 7.89. The van der Waals surface area contributed by atoms with Gasteiger partial charge in [-0.15, -0.1) is 0 Å². The fourth-order valence-electron chi connectivity index (χ4n) is 2.81. The van der Waals surface area contributed by atoms with Crippen LogP contribution in [-0.4, -0.2) is 50.0 Å². The SMILES string of the molecule is CC(C)Oc1ccc(S(=O)(=O)N2CCN(c3ccccn3)CC2)cc1. The van der Waals surface area contributed by atoms with Crippen molar-refractivity contribution in [2.24, 2.45) is 0 Å². The Labute approximate surface area is 149 Å². The largest absolute Gasteiger partial charge is 0.491 e. The lowest BCUT2D eigenvalue weighted by atomic mass is 10.3. The van der Waals surface area contributed by atoms with Crippen LogP contribution in [-0.2, 0) is 10.0 Å². The molecule has 2 aromatic rings. The number of pyridine rings is 1. The Bertz CT molecular complexity index is 784. The molecular formula is C18H23N3O3S. The first-order chi connectivity index (χ1) is 12.0. The van der Waals surface area contributed by atoms with E-state index < -0.39 is 10.0 Å². The molecule has 1 saturated heterocycles. The molecule has 0 bridgehead atoms. The van der Waals surface area contributed by atoms with Crippen LogP contribution in [0, 0.1) is 0 Å². The van der Waals surface area contributed by atoms with Crippen molar-refractivity contribution < 1.29 is 13.2 Å². The number of ether oxygens (including phenoxy) is 1. The number of rotatable bonds is 5. The Morgan fingerprint density at radius 2 is 1.68 bits per heavy atom. The molecule has 0 N–H and O–H groups in total. The molecule has 2 heterocycles. The molecule has 6 nitrogen and oxygen atoms in total. The molecular weight excluding hydrogens is 338 g/mol. The third-order valence-electron chi connectivity index (χ3n) is 4.05. The number of hydrogen-bond acceptors (Lipinski definition) is 5. The Kier molecular flexibility index (Phi) is 5.24. The van der Waals surface area contributed by atoms with Crippen LogP contribution in [0.3, 0.4) is 0 Å². The predicted octanol–water partition coefficient (Wildman–Crippen LogP) is 2.38. The monoisotopic (exact) mass is 361 g/mol. The number of aromatic nitrogens is 1. The standard InChI is InChI=1S/C18H23N3O3S/c1-15(2)24-16-6-8-17(9-7-16)25(22,23)21-13-11-20(12-14-21)18-5-3-4-10-19-18/h3-10,15H,11-14H2,1-2H3. The normalized spacial score (nSPS) is 16.2. The van der Waals surface area contributed by atoms with Crippen molar-refractivity contribution in [3.8, 4) is 5.75 Å². The molecule has 1 aromatic heterocycles. The van der Waals surface area contributed by atoms with E-state index in [0.717, 1.165) is 5.82 Å². The van der Waals surface area contributed by atoms with E-state index in [-0.39, 0.29) is 6.10 Å². The molecule has 0 aliphatic carbocycles. The van der Waals surface area contributed by atoms with E-state index in [1.807, 2.05) is 32.0 Å². The van der Waals surface area contributed by atoms with Gasteiger partial charge in [0.05, 0.1) is 11.0 Å². The lowest BCUT2D eigenvalue weighted by Crippen LogP contribution is -2.48. The van der Waals surface area contributed by atoms with Crippen molar-refractivity contribution in [3.63, 3.8) is 0 Å². The van der Waals surface area contributed by atoms with Crippen LogP contribution in [0.1, 0.15) is 13.8 Å². The quantitative estimate of drug-likeness (QED) is 0.818. The van der Waals surface area contributed by atoms with Crippen molar-refractivity contribution >= 4 is 15.8 Å². The molecule has 1 aromatic carbocycles. The van der Waals surface area contributed by atoms with E-state index in [1.165, 1.54) is 4.31 Å². The van der Waals surface area contributed by atoms with E-state index in [1.54, 1.807) is 30.5 Å². The molecule has 1 aliphatic rings. The minimum absolute atomic E-state index is 0.0575. The average Bonchev–Trinajstić information content (AvgIpc) is 2.62. The van der Waals surface area contributed by atoms with Gasteiger partial charge in [-0.1, -0.05) is 6.07 Å². The van der Waals surface area contributed by atoms with Gasteiger partial charge in [-0.2, -0.15) is 4.31 Å². The summed E-state index contributed by atoms with van der Waals surface area (Å²) in [5.41, 5.74) is 0. The summed E-state index contributed by atoms with van der Waals surface area (Å²) in [6, 6.07) is 12.4. The fraction of sp³-hybridized carbons (Fsp3) is 0.389. The lowest BCUT2D eigenvalue weighted by Gasteiger charge is -2.34. The summed E-state index contributed by atoms with van der Waals surface area (Å²) in [4.78, 5) is 6.73. The van der Waals surface area contributed by atoms with E-state index >= 15 is 0 Å². The molecule has 134 valence electrons. The van der Waals surface area contributed by atoms with Gasteiger partial charge in [-0.3, -0.25) is 0 Å². The van der Waals surface area contributed by atoms with Crippen LogP contribution in [0.4, 0.5) is 5.82 Å². The second kappa shape index (κ2) is 7.41. The van der Waals surface area contributed by atoms with Crippen molar-refractivity contribution in [2.75, 3.05) is 31.1 Å². The predicted molar refractivity (Wildman–Crippen MR) is 97.4 cm³/mol. The zero-order valence-electron chi connectivity index (χ0n) is 14.5. The van der Waals surface area contributed by atoms with Crippen LogP contribution in [0.15, 0.2) is 53.6 Å². The maximum absolute atomic E-state index is 12.8. The highest BCUT2D eigenvalue weighted by Gasteiger charge is 2.28. The molecule has 0 saturated carbocycles. The van der Waals surface area contributed by atoms with Crippen LogP contribution in [0.2, 0.25) is 0 Å². The summed E-state index contributed by atoms with van der Waals surface area (Å²) >= 11 is 0. The van der Waals surface area contributed by atoms with E-state index in [4.69, 9.17) is 4.74 Å². The van der Waals surface area contributed by atoms with Crippen LogP contribution in [0.5, 0.6) is 5.75 Å². The van der Waals surface area contributed by atoms with Crippen molar-refractivity contribution in [3.05, 3.63) is 48.7 Å². The van der Waals surface area contributed by atoms with Crippen molar-refractivity contribution in [1.29, 1.82) is 0 Å². The fourth-order valence-corrected chi connectivity index (χ4v) is 4.23. The number of piperazine rings is 1. The Morgan fingerprint density at radius 3 is 2.24 bits per heavy atom. The number of hydrogen-bond donors (Lipinski definition) is 0. The molecule has 3 rings (SSSR count). The zero-order chi connectivity index (χ0) is 17.9. The molecule has 1 aliphatic heterocycles. The van der Waals surface area contributed by atoms with Crippen molar-refractivity contribution in [2.45, 2.75) is 24.8 Å². The first kappa shape index (κ1) is 17.7. The second-order valence-electron chi connectivity index (χ2n) is 6.22. The Morgan fingerprint density at radius 1 is 1.00 bits per heavy atom. The number of nitrogens with zero attached hydrogens (tertiary/aromatic N) is 3. The van der Waals surface area contributed by atoms with E-state index in [2.05, 4.69) is 9.88 Å². The van der Waals surface area contributed by atoms with Crippen LogP contribution >= 0.6 is 0 Å². The van der Waals surface area contributed by atoms with Gasteiger partial charge in [-0.05, 0) is 50.2 Å². The summed E-state index contributed by atoms with van der Waals surface area (Å²) in [5, 5.41) is 0. The maximum Gasteiger partial charge on any atom is 0.243 e. The summed E-state index contributed by atoms with van der Waals surface area (Å²) in [5.74, 6) is 1.56. The van der Waals surface area contributed by atoms with Crippen LogP contribution < -0.4 is 9.64 Å². The molecule has 0 spiro atoms. The van der Waals surface area contributed by atoms with Gasteiger partial charge < -0.3 is 9.64 Å². The number of sulfonamides is 1. The summed E-state index contributed by atoms with van der Waals surface area (Å²) in [6.07, 6.45) is 1.81. The Hall–Kier alpha value is -2.12. The maximum atomic E-state index is 12.8. The number of anilines is 1. The first-order valence-electron chi connectivity index (χ1n) is 8.39. The topological polar surface area (TPSA) is 62.7 Å². The lowest BCUT2D eigenvalue weighted by molar-refractivity contribution is 0.242. The summed E-state index contributed by atoms with van der Waals surface area (Å²) < 4.78 is 32.7. The first-order valence-corrected chi connectivity index (χ1v) is 9.83. The third-order valence-corrected chi connectivity index (χ3v) is 5.96. The second-order valence-corrected chi connectivity index (χ2v) is 8.16. The van der Waals surface area contributed by atoms with Crippen LogP contribution in [0.25, 0.3) is 0 Å². The van der Waals surface area contributed by atoms with Crippen molar-refractivity contribution in [1.82, 2.24) is 9.29 Å². The highest BCUT2D eigenvalue weighted by Crippen LogP contribution is 2.22. The van der Waals surface area contributed by atoms with Gasteiger partial charge in [-0.25, -0.2) is 13.4 Å². The summed E-state index contributed by atoms with van der Waals surface area (Å²) in [6.45, 7) is 6.03.